The second-order valence-electron chi connectivity index (χ2n) is 4.62. The van der Waals surface area contributed by atoms with Crippen LogP contribution in [0.3, 0.4) is 0 Å². The van der Waals surface area contributed by atoms with Crippen molar-refractivity contribution in [2.24, 2.45) is 0 Å². The second-order valence-corrected chi connectivity index (χ2v) is 7.57. The molecule has 0 saturated heterocycles. The number of aryl methyl sites for hydroxylation is 2. The van der Waals surface area contributed by atoms with E-state index in [9.17, 15) is 8.42 Å². The van der Waals surface area contributed by atoms with Crippen molar-refractivity contribution in [3.05, 3.63) is 44.7 Å². The lowest BCUT2D eigenvalue weighted by Crippen LogP contribution is -2.23. The molecule has 120 valence electrons. The molecule has 1 N–H and O–H groups in total. The monoisotopic (exact) mass is 381 g/mol. The van der Waals surface area contributed by atoms with Gasteiger partial charge in [0, 0.05) is 24.8 Å². The third kappa shape index (κ3) is 3.75. The minimum absolute atomic E-state index is 0.0166. The van der Waals surface area contributed by atoms with Gasteiger partial charge in [-0.15, -0.1) is 0 Å². The largest absolute Gasteiger partial charge is 0.272 e. The van der Waals surface area contributed by atoms with Gasteiger partial charge in [0.15, 0.2) is 0 Å². The summed E-state index contributed by atoms with van der Waals surface area (Å²) in [5.41, 5.74) is 1.56. The third-order valence-electron chi connectivity index (χ3n) is 3.09. The van der Waals surface area contributed by atoms with Crippen LogP contribution >= 0.6 is 34.8 Å². The first kappa shape index (κ1) is 17.6. The Labute approximate surface area is 144 Å². The first-order valence-corrected chi connectivity index (χ1v) is 9.03. The number of hydrogen-bond acceptors (Lipinski definition) is 3. The van der Waals surface area contributed by atoms with E-state index in [4.69, 9.17) is 34.8 Å². The first-order chi connectivity index (χ1) is 10.2. The SMILES string of the molecule is CCn1cc(CNS(=O)(=O)c2cc(Cl)c(Cl)cc2Cl)c(C)n1. The summed E-state index contributed by atoms with van der Waals surface area (Å²) in [5, 5.41) is 4.61. The molecule has 2 rings (SSSR count). The highest BCUT2D eigenvalue weighted by Crippen LogP contribution is 2.31. The summed E-state index contributed by atoms with van der Waals surface area (Å²) in [6, 6.07) is 2.54. The van der Waals surface area contributed by atoms with Gasteiger partial charge in [-0.3, -0.25) is 4.68 Å². The summed E-state index contributed by atoms with van der Waals surface area (Å²) < 4.78 is 28.9. The van der Waals surface area contributed by atoms with Gasteiger partial charge in [-0.25, -0.2) is 13.1 Å². The molecule has 0 aliphatic rings. The summed E-state index contributed by atoms with van der Waals surface area (Å²) in [7, 11) is -3.80. The Bertz CT molecular complexity index is 803. The topological polar surface area (TPSA) is 64.0 Å². The predicted molar refractivity (Wildman–Crippen MR) is 88.1 cm³/mol. The van der Waals surface area contributed by atoms with Crippen LogP contribution in [-0.2, 0) is 23.1 Å². The van der Waals surface area contributed by atoms with Gasteiger partial charge in [0.2, 0.25) is 10.0 Å². The number of nitrogens with zero attached hydrogens (tertiary/aromatic N) is 2. The van der Waals surface area contributed by atoms with E-state index < -0.39 is 10.0 Å². The van der Waals surface area contributed by atoms with Crippen molar-refractivity contribution >= 4 is 44.8 Å². The lowest BCUT2D eigenvalue weighted by molar-refractivity contribution is 0.581. The predicted octanol–water partition coefficient (Wildman–Crippen LogP) is 3.65. The molecule has 0 fully saturated rings. The van der Waals surface area contributed by atoms with Crippen molar-refractivity contribution in [2.45, 2.75) is 31.8 Å². The van der Waals surface area contributed by atoms with Crippen molar-refractivity contribution in [1.82, 2.24) is 14.5 Å². The Balaban J connectivity index is 2.24. The fourth-order valence-corrected chi connectivity index (χ4v) is 3.86. The molecule has 0 spiro atoms. The lowest BCUT2D eigenvalue weighted by atomic mass is 10.3. The maximum Gasteiger partial charge on any atom is 0.242 e. The number of benzene rings is 1. The molecule has 5 nitrogen and oxygen atoms in total. The van der Waals surface area contributed by atoms with Gasteiger partial charge in [0.25, 0.3) is 0 Å². The zero-order valence-corrected chi connectivity index (χ0v) is 15.0. The van der Waals surface area contributed by atoms with Crippen molar-refractivity contribution in [3.8, 4) is 0 Å². The molecule has 0 amide bonds. The lowest BCUT2D eigenvalue weighted by Gasteiger charge is -2.09. The van der Waals surface area contributed by atoms with Crippen molar-refractivity contribution in [3.63, 3.8) is 0 Å². The molecular formula is C13H14Cl3N3O2S. The molecule has 0 atom stereocenters. The fourth-order valence-electron chi connectivity index (χ4n) is 1.86. The molecule has 2 aromatic rings. The Hall–Kier alpha value is -0.790. The Morgan fingerprint density at radius 1 is 1.18 bits per heavy atom. The highest BCUT2D eigenvalue weighted by molar-refractivity contribution is 7.89. The van der Waals surface area contributed by atoms with E-state index in [2.05, 4.69) is 9.82 Å². The Morgan fingerprint density at radius 2 is 1.82 bits per heavy atom. The summed E-state index contributed by atoms with van der Waals surface area (Å²) >= 11 is 17.6. The average molecular weight is 383 g/mol. The third-order valence-corrected chi connectivity index (χ3v) is 5.68. The van der Waals surface area contributed by atoms with Crippen LogP contribution in [0.1, 0.15) is 18.2 Å². The van der Waals surface area contributed by atoms with Gasteiger partial charge in [-0.05, 0) is 26.0 Å². The van der Waals surface area contributed by atoms with Crippen LogP contribution in [0.4, 0.5) is 0 Å². The van der Waals surface area contributed by atoms with Crippen LogP contribution in [0, 0.1) is 6.92 Å². The van der Waals surface area contributed by atoms with Gasteiger partial charge in [-0.1, -0.05) is 34.8 Å². The van der Waals surface area contributed by atoms with Crippen molar-refractivity contribution in [2.75, 3.05) is 0 Å². The molecule has 1 aromatic carbocycles. The maximum absolute atomic E-state index is 12.4. The fraction of sp³-hybridized carbons (Fsp3) is 0.308. The molecule has 0 saturated carbocycles. The van der Waals surface area contributed by atoms with Gasteiger partial charge in [0.05, 0.1) is 20.8 Å². The Kier molecular flexibility index (Phi) is 5.40. The van der Waals surface area contributed by atoms with Crippen LogP contribution < -0.4 is 4.72 Å². The van der Waals surface area contributed by atoms with Crippen LogP contribution in [-0.4, -0.2) is 18.2 Å². The van der Waals surface area contributed by atoms with Crippen LogP contribution in [0.25, 0.3) is 0 Å². The molecule has 1 heterocycles. The van der Waals surface area contributed by atoms with E-state index in [-0.39, 0.29) is 26.5 Å². The summed E-state index contributed by atoms with van der Waals surface area (Å²) in [6.07, 6.45) is 1.80. The highest BCUT2D eigenvalue weighted by Gasteiger charge is 2.20. The van der Waals surface area contributed by atoms with Gasteiger partial charge in [-0.2, -0.15) is 5.10 Å². The van der Waals surface area contributed by atoms with Crippen LogP contribution in [0.2, 0.25) is 15.1 Å². The van der Waals surface area contributed by atoms with Gasteiger partial charge < -0.3 is 0 Å². The molecule has 0 radical (unpaired) electrons. The van der Waals surface area contributed by atoms with Crippen LogP contribution in [0.15, 0.2) is 23.2 Å². The molecule has 0 aliphatic carbocycles. The second kappa shape index (κ2) is 6.76. The first-order valence-electron chi connectivity index (χ1n) is 6.41. The van der Waals surface area contributed by atoms with Crippen molar-refractivity contribution in [1.29, 1.82) is 0 Å². The van der Waals surface area contributed by atoms with Crippen LogP contribution in [0.5, 0.6) is 0 Å². The highest BCUT2D eigenvalue weighted by atomic mass is 35.5. The molecule has 22 heavy (non-hydrogen) atoms. The van der Waals surface area contributed by atoms with E-state index in [1.54, 1.807) is 10.9 Å². The standard InChI is InChI=1S/C13H14Cl3N3O2S/c1-3-19-7-9(8(2)18-19)6-17-22(20,21)13-5-11(15)10(14)4-12(13)16/h4-5,7,17H,3,6H2,1-2H3. The number of hydrogen-bond donors (Lipinski definition) is 1. The normalized spacial score (nSPS) is 11.9. The van der Waals surface area contributed by atoms with E-state index in [1.165, 1.54) is 12.1 Å². The van der Waals surface area contributed by atoms with Gasteiger partial charge in [0.1, 0.15) is 4.90 Å². The summed E-state index contributed by atoms with van der Waals surface area (Å²) in [4.78, 5) is -0.107. The molecule has 1 aromatic heterocycles. The number of sulfonamides is 1. The quantitative estimate of drug-likeness (QED) is 0.803. The average Bonchev–Trinajstić information content (AvgIpc) is 2.81. The smallest absolute Gasteiger partial charge is 0.242 e. The summed E-state index contributed by atoms with van der Waals surface area (Å²) in [5.74, 6) is 0. The maximum atomic E-state index is 12.4. The minimum atomic E-state index is -3.80. The summed E-state index contributed by atoms with van der Waals surface area (Å²) in [6.45, 7) is 4.61. The number of aromatic nitrogens is 2. The molecule has 0 unspecified atom stereocenters. The number of halogens is 3. The number of nitrogens with one attached hydrogen (secondary N) is 1. The molecular weight excluding hydrogens is 369 g/mol. The zero-order valence-electron chi connectivity index (χ0n) is 11.9. The zero-order chi connectivity index (χ0) is 16.5. The molecule has 0 aliphatic heterocycles. The van der Waals surface area contributed by atoms with E-state index >= 15 is 0 Å². The Morgan fingerprint density at radius 3 is 2.41 bits per heavy atom. The molecule has 0 bridgehead atoms. The van der Waals surface area contributed by atoms with E-state index in [0.717, 1.165) is 11.3 Å². The number of rotatable bonds is 5. The minimum Gasteiger partial charge on any atom is -0.272 e. The van der Waals surface area contributed by atoms with Crippen molar-refractivity contribution < 1.29 is 8.42 Å². The van der Waals surface area contributed by atoms with E-state index in [0.29, 0.717) is 6.54 Å². The van der Waals surface area contributed by atoms with E-state index in [1.807, 2.05) is 13.8 Å². The van der Waals surface area contributed by atoms with Gasteiger partial charge >= 0.3 is 0 Å². The molecule has 9 heteroatoms.